The molecule has 90 valence electrons. The van der Waals surface area contributed by atoms with E-state index in [1.165, 1.54) is 11.3 Å². The van der Waals surface area contributed by atoms with Crippen LogP contribution in [-0.2, 0) is 0 Å². The first-order chi connectivity index (χ1) is 7.72. The average Bonchev–Trinajstić information content (AvgIpc) is 2.27. The summed E-state index contributed by atoms with van der Waals surface area (Å²) in [4.78, 5) is 1.37. The van der Waals surface area contributed by atoms with Crippen molar-refractivity contribution in [3.05, 3.63) is 30.3 Å². The minimum atomic E-state index is 0.634. The highest BCUT2D eigenvalue weighted by Gasteiger charge is 2.09. The van der Waals surface area contributed by atoms with Crippen LogP contribution < -0.4 is 5.32 Å². The van der Waals surface area contributed by atoms with Gasteiger partial charge in [0.1, 0.15) is 0 Å². The quantitative estimate of drug-likeness (QED) is 0.724. The minimum absolute atomic E-state index is 0.634. The van der Waals surface area contributed by atoms with Gasteiger partial charge in [0.05, 0.1) is 0 Å². The van der Waals surface area contributed by atoms with Gasteiger partial charge in [-0.05, 0) is 31.0 Å². The number of thioether (sulfide) groups is 1. The zero-order valence-corrected chi connectivity index (χ0v) is 11.4. The molecule has 0 heterocycles. The molecular formula is C14H23NS. The van der Waals surface area contributed by atoms with Crippen molar-refractivity contribution < 1.29 is 0 Å². The van der Waals surface area contributed by atoms with Crippen molar-refractivity contribution in [3.63, 3.8) is 0 Å². The zero-order chi connectivity index (χ0) is 11.8. The monoisotopic (exact) mass is 237 g/mol. The van der Waals surface area contributed by atoms with Gasteiger partial charge in [-0.3, -0.25) is 0 Å². The lowest BCUT2D eigenvalue weighted by Crippen LogP contribution is -2.32. The van der Waals surface area contributed by atoms with Gasteiger partial charge in [0.15, 0.2) is 0 Å². The molecule has 0 saturated heterocycles. The van der Waals surface area contributed by atoms with E-state index in [-0.39, 0.29) is 0 Å². The second-order valence-electron chi connectivity index (χ2n) is 4.51. The van der Waals surface area contributed by atoms with Crippen LogP contribution in [0.3, 0.4) is 0 Å². The van der Waals surface area contributed by atoms with Crippen molar-refractivity contribution in [2.75, 3.05) is 12.3 Å². The van der Waals surface area contributed by atoms with Crippen molar-refractivity contribution in [3.8, 4) is 0 Å². The maximum absolute atomic E-state index is 3.56. The van der Waals surface area contributed by atoms with E-state index in [0.717, 1.165) is 18.2 Å². The molecule has 0 aromatic heterocycles. The van der Waals surface area contributed by atoms with Gasteiger partial charge in [0.25, 0.3) is 0 Å². The third kappa shape index (κ3) is 5.57. The second kappa shape index (κ2) is 7.75. The average molecular weight is 237 g/mol. The molecule has 0 aliphatic heterocycles. The number of benzene rings is 1. The molecule has 0 saturated carbocycles. The van der Waals surface area contributed by atoms with E-state index in [1.54, 1.807) is 0 Å². The summed E-state index contributed by atoms with van der Waals surface area (Å²) in [5, 5.41) is 3.56. The summed E-state index contributed by atoms with van der Waals surface area (Å²) in [7, 11) is 0. The Kier molecular flexibility index (Phi) is 6.58. The fourth-order valence-corrected chi connectivity index (χ4v) is 2.78. The number of hydrogen-bond donors (Lipinski definition) is 1. The zero-order valence-electron chi connectivity index (χ0n) is 10.6. The molecule has 0 aliphatic rings. The topological polar surface area (TPSA) is 12.0 Å². The minimum Gasteiger partial charge on any atom is -0.313 e. The Labute approximate surface area is 104 Å². The summed E-state index contributed by atoms with van der Waals surface area (Å²) >= 11 is 1.95. The molecule has 1 nitrogen and oxygen atoms in total. The molecule has 1 aromatic rings. The molecule has 16 heavy (non-hydrogen) atoms. The molecular weight excluding hydrogens is 214 g/mol. The number of rotatable bonds is 7. The maximum Gasteiger partial charge on any atom is 0.0164 e. The Morgan fingerprint density at radius 1 is 1.19 bits per heavy atom. The van der Waals surface area contributed by atoms with Gasteiger partial charge in [-0.15, -0.1) is 11.8 Å². The molecule has 1 unspecified atom stereocenters. The van der Waals surface area contributed by atoms with Crippen LogP contribution >= 0.6 is 11.8 Å². The van der Waals surface area contributed by atoms with Gasteiger partial charge in [-0.2, -0.15) is 0 Å². The highest BCUT2D eigenvalue weighted by Crippen LogP contribution is 2.20. The third-order valence-corrected chi connectivity index (χ3v) is 3.62. The van der Waals surface area contributed by atoms with E-state index in [9.17, 15) is 0 Å². The molecule has 1 aromatic carbocycles. The van der Waals surface area contributed by atoms with Gasteiger partial charge in [-0.1, -0.05) is 39.0 Å². The van der Waals surface area contributed by atoms with Gasteiger partial charge in [-0.25, -0.2) is 0 Å². The van der Waals surface area contributed by atoms with Crippen molar-refractivity contribution in [1.82, 2.24) is 5.32 Å². The molecule has 1 rings (SSSR count). The van der Waals surface area contributed by atoms with Crippen LogP contribution in [0.5, 0.6) is 0 Å². The van der Waals surface area contributed by atoms with Crippen LogP contribution in [-0.4, -0.2) is 18.3 Å². The van der Waals surface area contributed by atoms with Gasteiger partial charge in [0.2, 0.25) is 0 Å². The summed E-state index contributed by atoms with van der Waals surface area (Å²) < 4.78 is 0. The highest BCUT2D eigenvalue weighted by molar-refractivity contribution is 7.99. The molecule has 0 amide bonds. The molecule has 0 radical (unpaired) electrons. The molecule has 1 N–H and O–H groups in total. The predicted octanol–water partition coefficient (Wildman–Crippen LogP) is 3.80. The summed E-state index contributed by atoms with van der Waals surface area (Å²) in [5.41, 5.74) is 0. The van der Waals surface area contributed by atoms with Crippen molar-refractivity contribution in [2.24, 2.45) is 5.92 Å². The first kappa shape index (κ1) is 13.6. The molecule has 1 atom stereocenters. The van der Waals surface area contributed by atoms with E-state index in [2.05, 4.69) is 56.4 Å². The Balaban J connectivity index is 2.37. The third-order valence-electron chi connectivity index (χ3n) is 2.44. The molecule has 2 heteroatoms. The summed E-state index contributed by atoms with van der Waals surface area (Å²) in [6.07, 6.45) is 1.26. The Bertz CT molecular complexity index is 271. The van der Waals surface area contributed by atoms with Crippen molar-refractivity contribution in [1.29, 1.82) is 0 Å². The molecule has 0 spiro atoms. The second-order valence-corrected chi connectivity index (χ2v) is 5.60. The highest BCUT2D eigenvalue weighted by atomic mass is 32.2. The fourth-order valence-electron chi connectivity index (χ4n) is 1.78. The van der Waals surface area contributed by atoms with E-state index >= 15 is 0 Å². The Hall–Kier alpha value is -0.470. The smallest absolute Gasteiger partial charge is 0.0164 e. The predicted molar refractivity (Wildman–Crippen MR) is 74.1 cm³/mol. The Morgan fingerprint density at radius 3 is 2.44 bits per heavy atom. The number of hydrogen-bond acceptors (Lipinski definition) is 2. The lowest BCUT2D eigenvalue weighted by Gasteiger charge is -2.19. The van der Waals surface area contributed by atoms with Crippen LogP contribution in [0.4, 0.5) is 0 Å². The van der Waals surface area contributed by atoms with E-state index in [1.807, 2.05) is 11.8 Å². The summed E-state index contributed by atoms with van der Waals surface area (Å²) in [6.45, 7) is 7.82. The van der Waals surface area contributed by atoms with E-state index < -0.39 is 0 Å². The normalized spacial score (nSPS) is 13.0. The maximum atomic E-state index is 3.56. The number of nitrogens with one attached hydrogen (secondary N) is 1. The van der Waals surface area contributed by atoms with Gasteiger partial charge in [0, 0.05) is 16.7 Å². The molecule has 0 fully saturated rings. The lowest BCUT2D eigenvalue weighted by molar-refractivity contribution is 0.456. The van der Waals surface area contributed by atoms with Gasteiger partial charge >= 0.3 is 0 Å². The molecule has 0 bridgehead atoms. The standard InChI is InChI=1S/C14H23NS/c1-4-15-13(10-12(2)3)11-16-14-8-6-5-7-9-14/h5-9,12-13,15H,4,10-11H2,1-3H3. The largest absolute Gasteiger partial charge is 0.313 e. The molecule has 0 aliphatic carbocycles. The van der Waals surface area contributed by atoms with E-state index in [0.29, 0.717) is 6.04 Å². The van der Waals surface area contributed by atoms with Crippen LogP contribution in [0.15, 0.2) is 35.2 Å². The van der Waals surface area contributed by atoms with Crippen LogP contribution in [0.25, 0.3) is 0 Å². The van der Waals surface area contributed by atoms with Crippen LogP contribution in [0, 0.1) is 5.92 Å². The summed E-state index contributed by atoms with van der Waals surface area (Å²) in [6, 6.07) is 11.3. The van der Waals surface area contributed by atoms with Crippen LogP contribution in [0.1, 0.15) is 27.2 Å². The summed E-state index contributed by atoms with van der Waals surface area (Å²) in [5.74, 6) is 1.93. The SMILES string of the molecule is CCNC(CSc1ccccc1)CC(C)C. The lowest BCUT2D eigenvalue weighted by atomic mass is 10.1. The van der Waals surface area contributed by atoms with Crippen molar-refractivity contribution in [2.45, 2.75) is 38.1 Å². The van der Waals surface area contributed by atoms with Gasteiger partial charge < -0.3 is 5.32 Å². The fraction of sp³-hybridized carbons (Fsp3) is 0.571. The Morgan fingerprint density at radius 2 is 1.88 bits per heavy atom. The van der Waals surface area contributed by atoms with E-state index in [4.69, 9.17) is 0 Å². The van der Waals surface area contributed by atoms with Crippen molar-refractivity contribution >= 4 is 11.8 Å². The van der Waals surface area contributed by atoms with Crippen LogP contribution in [0.2, 0.25) is 0 Å². The first-order valence-electron chi connectivity index (χ1n) is 6.13. The first-order valence-corrected chi connectivity index (χ1v) is 7.12.